The first-order valence-corrected chi connectivity index (χ1v) is 16.9. The fraction of sp³-hybridized carbons (Fsp3) is 0.0638. The molecule has 1 heterocycles. The van der Waals surface area contributed by atoms with E-state index < -0.39 is 0 Å². The number of hydrogen-bond donors (Lipinski definition) is 0. The highest BCUT2D eigenvalue weighted by Gasteiger charge is 2.35. The van der Waals surface area contributed by atoms with Gasteiger partial charge in [-0.1, -0.05) is 153 Å². The molecule has 9 rings (SSSR count). The fourth-order valence-corrected chi connectivity index (χ4v) is 7.38. The van der Waals surface area contributed by atoms with Gasteiger partial charge in [0.25, 0.3) is 0 Å². The second kappa shape index (κ2) is 11.5. The third-order valence-corrected chi connectivity index (χ3v) is 10.1. The van der Waals surface area contributed by atoms with Gasteiger partial charge in [-0.05, 0) is 85.6 Å². The molecule has 0 atom stereocenters. The Labute approximate surface area is 287 Å². The Morgan fingerprint density at radius 2 is 0.837 bits per heavy atom. The van der Waals surface area contributed by atoms with E-state index in [0.29, 0.717) is 0 Å². The van der Waals surface area contributed by atoms with Gasteiger partial charge in [-0.15, -0.1) is 0 Å². The molecule has 0 saturated heterocycles. The van der Waals surface area contributed by atoms with Crippen molar-refractivity contribution >= 4 is 10.8 Å². The molecular weight excluding hydrogens is 593 g/mol. The van der Waals surface area contributed by atoms with Crippen LogP contribution < -0.4 is 0 Å². The van der Waals surface area contributed by atoms with Crippen molar-refractivity contribution in [2.45, 2.75) is 19.3 Å². The summed E-state index contributed by atoms with van der Waals surface area (Å²) in [6.07, 6.45) is 0. The zero-order valence-electron chi connectivity index (χ0n) is 27.6. The van der Waals surface area contributed by atoms with Gasteiger partial charge in [0.2, 0.25) is 0 Å². The number of benzene rings is 7. The van der Waals surface area contributed by atoms with E-state index in [1.54, 1.807) is 0 Å². The van der Waals surface area contributed by atoms with Gasteiger partial charge in [0.15, 0.2) is 5.82 Å². The Morgan fingerprint density at radius 3 is 1.53 bits per heavy atom. The quantitative estimate of drug-likeness (QED) is 0.190. The third kappa shape index (κ3) is 5.14. The summed E-state index contributed by atoms with van der Waals surface area (Å²) < 4.78 is 0. The highest BCUT2D eigenvalue weighted by molar-refractivity contribution is 5.94. The topological polar surface area (TPSA) is 25.8 Å². The van der Waals surface area contributed by atoms with E-state index in [0.717, 1.165) is 33.9 Å². The molecule has 0 spiro atoms. The van der Waals surface area contributed by atoms with Crippen molar-refractivity contribution in [2.24, 2.45) is 0 Å². The van der Waals surface area contributed by atoms with E-state index >= 15 is 0 Å². The van der Waals surface area contributed by atoms with Crippen molar-refractivity contribution in [1.29, 1.82) is 0 Å². The first-order chi connectivity index (χ1) is 24.0. The van der Waals surface area contributed by atoms with E-state index in [-0.39, 0.29) is 5.41 Å². The van der Waals surface area contributed by atoms with Gasteiger partial charge in [0.05, 0.1) is 11.4 Å². The molecule has 0 bridgehead atoms. The van der Waals surface area contributed by atoms with Crippen LogP contribution in [-0.4, -0.2) is 9.97 Å². The molecule has 0 aliphatic heterocycles. The lowest BCUT2D eigenvalue weighted by atomic mass is 9.81. The molecule has 0 amide bonds. The van der Waals surface area contributed by atoms with Crippen molar-refractivity contribution < 1.29 is 0 Å². The van der Waals surface area contributed by atoms with Gasteiger partial charge in [0, 0.05) is 22.1 Å². The predicted molar refractivity (Wildman–Crippen MR) is 204 cm³/mol. The molecule has 0 N–H and O–H groups in total. The number of rotatable bonds is 5. The maximum absolute atomic E-state index is 5.02. The van der Waals surface area contributed by atoms with Crippen molar-refractivity contribution in [3.05, 3.63) is 181 Å². The molecule has 1 aliphatic carbocycles. The summed E-state index contributed by atoms with van der Waals surface area (Å²) in [5, 5.41) is 2.59. The highest BCUT2D eigenvalue weighted by Crippen LogP contribution is 2.51. The largest absolute Gasteiger partial charge is 0.228 e. The summed E-state index contributed by atoms with van der Waals surface area (Å²) in [4.78, 5) is 9.96. The third-order valence-electron chi connectivity index (χ3n) is 10.1. The standard InChI is InChI=1S/C47H34N2/c1-47(2)42-29-39(24-25-40(42)41-27-37-16-9-10-17-38(37)28-43(41)47)36-19-11-18-35(26-36)31-20-22-33(23-21-31)45-30-44(32-12-5-3-6-13-32)48-46(49-45)34-14-7-4-8-15-34/h3-30H,1-2H3. The zero-order valence-corrected chi connectivity index (χ0v) is 27.6. The van der Waals surface area contributed by atoms with E-state index in [1.165, 1.54) is 55.3 Å². The van der Waals surface area contributed by atoms with Crippen LogP contribution in [-0.2, 0) is 5.41 Å². The maximum Gasteiger partial charge on any atom is 0.160 e. The van der Waals surface area contributed by atoms with Crippen molar-refractivity contribution in [3.8, 4) is 67.3 Å². The lowest BCUT2D eigenvalue weighted by Gasteiger charge is -2.22. The fourth-order valence-electron chi connectivity index (χ4n) is 7.38. The molecule has 2 heteroatoms. The molecule has 232 valence electrons. The molecule has 8 aromatic rings. The smallest absolute Gasteiger partial charge is 0.160 e. The molecule has 0 fully saturated rings. The highest BCUT2D eigenvalue weighted by atomic mass is 14.9. The first kappa shape index (κ1) is 29.1. The first-order valence-electron chi connectivity index (χ1n) is 16.9. The van der Waals surface area contributed by atoms with Crippen LogP contribution in [0.1, 0.15) is 25.0 Å². The van der Waals surface area contributed by atoms with Gasteiger partial charge in [-0.2, -0.15) is 0 Å². The minimum absolute atomic E-state index is 0.0695. The van der Waals surface area contributed by atoms with Crippen LogP contribution in [0.2, 0.25) is 0 Å². The SMILES string of the molecule is CC1(C)c2cc(-c3cccc(-c4ccc(-c5cc(-c6ccccc6)nc(-c6ccccc6)n5)cc4)c3)ccc2-c2cc3ccccc3cc21. The van der Waals surface area contributed by atoms with Gasteiger partial charge < -0.3 is 0 Å². The van der Waals surface area contributed by atoms with Crippen molar-refractivity contribution in [2.75, 3.05) is 0 Å². The average molecular weight is 627 g/mol. The molecule has 0 unspecified atom stereocenters. The molecule has 7 aromatic carbocycles. The normalized spacial score (nSPS) is 12.9. The summed E-state index contributed by atoms with van der Waals surface area (Å²) in [7, 11) is 0. The van der Waals surface area contributed by atoms with E-state index in [4.69, 9.17) is 9.97 Å². The molecule has 1 aromatic heterocycles. The molecular formula is C47H34N2. The van der Waals surface area contributed by atoms with Crippen molar-refractivity contribution in [1.82, 2.24) is 9.97 Å². The average Bonchev–Trinajstić information content (AvgIpc) is 3.39. The predicted octanol–water partition coefficient (Wildman–Crippen LogP) is 12.3. The summed E-state index contributed by atoms with van der Waals surface area (Å²) in [6, 6.07) is 60.7. The zero-order chi connectivity index (χ0) is 33.0. The number of fused-ring (bicyclic) bond motifs is 4. The van der Waals surface area contributed by atoms with E-state index in [1.807, 2.05) is 36.4 Å². The second-order valence-electron chi connectivity index (χ2n) is 13.5. The van der Waals surface area contributed by atoms with Gasteiger partial charge in [0.1, 0.15) is 0 Å². The van der Waals surface area contributed by atoms with E-state index in [2.05, 4.69) is 147 Å². The Balaban J connectivity index is 1.05. The van der Waals surface area contributed by atoms with Crippen LogP contribution in [0.5, 0.6) is 0 Å². The van der Waals surface area contributed by atoms with Crippen LogP contribution in [0.15, 0.2) is 170 Å². The number of nitrogens with zero attached hydrogens (tertiary/aromatic N) is 2. The van der Waals surface area contributed by atoms with Crippen LogP contribution in [0.25, 0.3) is 78.1 Å². The lowest BCUT2D eigenvalue weighted by Crippen LogP contribution is -2.15. The Hall–Kier alpha value is -6.12. The summed E-state index contributed by atoms with van der Waals surface area (Å²) >= 11 is 0. The van der Waals surface area contributed by atoms with Crippen molar-refractivity contribution in [3.63, 3.8) is 0 Å². The Bertz CT molecular complexity index is 2440. The molecule has 0 saturated carbocycles. The van der Waals surface area contributed by atoms with E-state index in [9.17, 15) is 0 Å². The summed E-state index contributed by atoms with van der Waals surface area (Å²) in [5.74, 6) is 0.725. The lowest BCUT2D eigenvalue weighted by molar-refractivity contribution is 0.661. The minimum atomic E-state index is -0.0695. The number of aromatic nitrogens is 2. The Kier molecular flexibility index (Phi) is 6.84. The Morgan fingerprint density at radius 1 is 0.347 bits per heavy atom. The van der Waals surface area contributed by atoms with Crippen LogP contribution in [0, 0.1) is 0 Å². The molecule has 49 heavy (non-hydrogen) atoms. The molecule has 1 aliphatic rings. The van der Waals surface area contributed by atoms with Crippen LogP contribution in [0.4, 0.5) is 0 Å². The van der Waals surface area contributed by atoms with Crippen LogP contribution in [0.3, 0.4) is 0 Å². The molecule has 2 nitrogen and oxygen atoms in total. The van der Waals surface area contributed by atoms with Gasteiger partial charge in [-0.3, -0.25) is 0 Å². The van der Waals surface area contributed by atoms with Gasteiger partial charge >= 0.3 is 0 Å². The summed E-state index contributed by atoms with van der Waals surface area (Å²) in [6.45, 7) is 4.72. The van der Waals surface area contributed by atoms with Gasteiger partial charge in [-0.25, -0.2) is 9.97 Å². The monoisotopic (exact) mass is 626 g/mol. The van der Waals surface area contributed by atoms with Crippen LogP contribution >= 0.6 is 0 Å². The molecule has 0 radical (unpaired) electrons. The maximum atomic E-state index is 5.02. The number of hydrogen-bond acceptors (Lipinski definition) is 2. The second-order valence-corrected chi connectivity index (χ2v) is 13.5. The summed E-state index contributed by atoms with van der Waals surface area (Å²) in [5.41, 5.74) is 15.2. The minimum Gasteiger partial charge on any atom is -0.228 e.